The number of likely N-dealkylation sites (tertiary alicyclic amines) is 1. The number of rotatable bonds is 4. The van der Waals surface area contributed by atoms with Crippen LogP contribution < -0.4 is 0 Å². The lowest BCUT2D eigenvalue weighted by Crippen LogP contribution is -2.34. The van der Waals surface area contributed by atoms with Crippen LogP contribution in [-0.4, -0.2) is 45.4 Å². The van der Waals surface area contributed by atoms with E-state index in [1.165, 1.54) is 16.0 Å². The van der Waals surface area contributed by atoms with Gasteiger partial charge in [0.25, 0.3) is 0 Å². The summed E-state index contributed by atoms with van der Waals surface area (Å²) in [6, 6.07) is 8.33. The lowest BCUT2D eigenvalue weighted by Gasteiger charge is -2.24. The van der Waals surface area contributed by atoms with Crippen molar-refractivity contribution in [3.63, 3.8) is 0 Å². The van der Waals surface area contributed by atoms with E-state index < -0.39 is 5.60 Å². The standard InChI is InChI=1S/C18H24N2O2S/c1-14-5-2-3-6-16(14)17-19-11-15(23-17)12-20-9-4-7-18(22,13-21)8-10-20/h2-3,5-6,11,21-22H,4,7-10,12-13H2,1H3. The van der Waals surface area contributed by atoms with E-state index in [0.29, 0.717) is 12.8 Å². The first-order chi connectivity index (χ1) is 11.1. The Kier molecular flexibility index (Phi) is 5.11. The van der Waals surface area contributed by atoms with Gasteiger partial charge in [0.15, 0.2) is 0 Å². The number of aryl methyl sites for hydroxylation is 1. The number of benzene rings is 1. The zero-order chi connectivity index (χ0) is 16.3. The fourth-order valence-electron chi connectivity index (χ4n) is 3.09. The zero-order valence-corrected chi connectivity index (χ0v) is 14.4. The van der Waals surface area contributed by atoms with Crippen molar-refractivity contribution in [3.8, 4) is 10.6 Å². The molecule has 0 spiro atoms. The predicted molar refractivity (Wildman–Crippen MR) is 93.5 cm³/mol. The maximum atomic E-state index is 10.2. The average molecular weight is 332 g/mol. The molecule has 1 aliphatic heterocycles. The summed E-state index contributed by atoms with van der Waals surface area (Å²) < 4.78 is 0. The average Bonchev–Trinajstić information content (AvgIpc) is 2.92. The first-order valence-electron chi connectivity index (χ1n) is 8.16. The monoisotopic (exact) mass is 332 g/mol. The van der Waals surface area contributed by atoms with Crippen LogP contribution in [0.25, 0.3) is 10.6 Å². The van der Waals surface area contributed by atoms with E-state index >= 15 is 0 Å². The molecule has 1 atom stereocenters. The molecule has 2 heterocycles. The van der Waals surface area contributed by atoms with Crippen molar-refractivity contribution < 1.29 is 10.2 Å². The summed E-state index contributed by atoms with van der Waals surface area (Å²) in [7, 11) is 0. The van der Waals surface area contributed by atoms with Crippen LogP contribution >= 0.6 is 11.3 Å². The predicted octanol–water partition coefficient (Wildman–Crippen LogP) is 2.83. The van der Waals surface area contributed by atoms with Gasteiger partial charge in [-0.25, -0.2) is 4.98 Å². The highest BCUT2D eigenvalue weighted by Gasteiger charge is 2.29. The van der Waals surface area contributed by atoms with Gasteiger partial charge in [-0.1, -0.05) is 24.3 Å². The molecule has 1 aromatic heterocycles. The molecule has 0 bridgehead atoms. The van der Waals surface area contributed by atoms with Gasteiger partial charge < -0.3 is 10.2 Å². The molecule has 1 unspecified atom stereocenters. The summed E-state index contributed by atoms with van der Waals surface area (Å²) in [5.74, 6) is 0. The molecular weight excluding hydrogens is 308 g/mol. The van der Waals surface area contributed by atoms with Gasteiger partial charge in [0.1, 0.15) is 5.01 Å². The highest BCUT2D eigenvalue weighted by molar-refractivity contribution is 7.15. The fourth-order valence-corrected chi connectivity index (χ4v) is 4.13. The molecule has 0 aliphatic carbocycles. The van der Waals surface area contributed by atoms with Crippen LogP contribution in [0.4, 0.5) is 0 Å². The molecule has 5 heteroatoms. The Bertz CT molecular complexity index is 658. The number of nitrogens with zero attached hydrogens (tertiary/aromatic N) is 2. The van der Waals surface area contributed by atoms with Crippen molar-refractivity contribution in [1.82, 2.24) is 9.88 Å². The highest BCUT2D eigenvalue weighted by atomic mass is 32.1. The molecule has 3 rings (SSSR count). The molecule has 124 valence electrons. The minimum absolute atomic E-state index is 0.140. The molecule has 2 N–H and O–H groups in total. The quantitative estimate of drug-likeness (QED) is 0.904. The second-order valence-corrected chi connectivity index (χ2v) is 7.57. The normalized spacial score (nSPS) is 22.9. The van der Waals surface area contributed by atoms with Gasteiger partial charge in [-0.2, -0.15) is 0 Å². The number of hydrogen-bond acceptors (Lipinski definition) is 5. The van der Waals surface area contributed by atoms with E-state index in [9.17, 15) is 10.2 Å². The van der Waals surface area contributed by atoms with Crippen molar-refractivity contribution in [3.05, 3.63) is 40.9 Å². The van der Waals surface area contributed by atoms with Gasteiger partial charge in [-0.05, 0) is 38.3 Å². The third-order valence-corrected chi connectivity index (χ3v) is 5.63. The van der Waals surface area contributed by atoms with Crippen LogP contribution in [0.2, 0.25) is 0 Å². The topological polar surface area (TPSA) is 56.6 Å². The number of thiazole rings is 1. The zero-order valence-electron chi connectivity index (χ0n) is 13.5. The van der Waals surface area contributed by atoms with Crippen molar-refractivity contribution in [2.24, 2.45) is 0 Å². The summed E-state index contributed by atoms with van der Waals surface area (Å²) in [6.07, 6.45) is 4.19. The summed E-state index contributed by atoms with van der Waals surface area (Å²) in [6.45, 7) is 4.61. The molecule has 0 radical (unpaired) electrons. The minimum atomic E-state index is -0.894. The summed E-state index contributed by atoms with van der Waals surface area (Å²) >= 11 is 1.74. The van der Waals surface area contributed by atoms with E-state index in [2.05, 4.69) is 28.9 Å². The molecule has 1 saturated heterocycles. The fraction of sp³-hybridized carbons (Fsp3) is 0.500. The molecule has 4 nitrogen and oxygen atoms in total. The van der Waals surface area contributed by atoms with E-state index in [-0.39, 0.29) is 6.61 Å². The number of aromatic nitrogens is 1. The van der Waals surface area contributed by atoms with E-state index in [0.717, 1.165) is 31.1 Å². The molecule has 23 heavy (non-hydrogen) atoms. The van der Waals surface area contributed by atoms with E-state index in [1.807, 2.05) is 18.3 Å². The Labute approximate surface area is 141 Å². The van der Waals surface area contributed by atoms with Crippen molar-refractivity contribution in [2.45, 2.75) is 38.3 Å². The summed E-state index contributed by atoms with van der Waals surface area (Å²) in [4.78, 5) is 8.18. The lowest BCUT2D eigenvalue weighted by atomic mass is 9.96. The van der Waals surface area contributed by atoms with Crippen LogP contribution in [-0.2, 0) is 6.54 Å². The molecule has 0 saturated carbocycles. The summed E-state index contributed by atoms with van der Waals surface area (Å²) in [5.41, 5.74) is 1.56. The third kappa shape index (κ3) is 3.98. The number of aliphatic hydroxyl groups is 2. The second-order valence-electron chi connectivity index (χ2n) is 6.46. The van der Waals surface area contributed by atoms with Crippen LogP contribution in [0.5, 0.6) is 0 Å². The SMILES string of the molecule is Cc1ccccc1-c1ncc(CN2CCCC(O)(CO)CC2)s1. The highest BCUT2D eigenvalue weighted by Crippen LogP contribution is 2.29. The van der Waals surface area contributed by atoms with Crippen LogP contribution in [0.1, 0.15) is 29.7 Å². The van der Waals surface area contributed by atoms with Gasteiger partial charge in [0, 0.05) is 29.7 Å². The van der Waals surface area contributed by atoms with Gasteiger partial charge in [-0.15, -0.1) is 11.3 Å². The van der Waals surface area contributed by atoms with Crippen LogP contribution in [0.15, 0.2) is 30.5 Å². The van der Waals surface area contributed by atoms with Gasteiger partial charge in [-0.3, -0.25) is 4.90 Å². The Morgan fingerprint density at radius 2 is 2.09 bits per heavy atom. The number of hydrogen-bond donors (Lipinski definition) is 2. The van der Waals surface area contributed by atoms with Crippen molar-refractivity contribution in [1.29, 1.82) is 0 Å². The Morgan fingerprint density at radius 1 is 1.26 bits per heavy atom. The Morgan fingerprint density at radius 3 is 2.87 bits per heavy atom. The molecule has 1 fully saturated rings. The van der Waals surface area contributed by atoms with Crippen LogP contribution in [0, 0.1) is 6.92 Å². The maximum absolute atomic E-state index is 10.2. The van der Waals surface area contributed by atoms with Crippen molar-refractivity contribution in [2.75, 3.05) is 19.7 Å². The maximum Gasteiger partial charge on any atom is 0.123 e. The van der Waals surface area contributed by atoms with Gasteiger partial charge in [0.05, 0.1) is 12.2 Å². The number of aliphatic hydroxyl groups excluding tert-OH is 1. The van der Waals surface area contributed by atoms with Crippen molar-refractivity contribution >= 4 is 11.3 Å². The first-order valence-corrected chi connectivity index (χ1v) is 8.98. The first kappa shape index (κ1) is 16.6. The van der Waals surface area contributed by atoms with Gasteiger partial charge >= 0.3 is 0 Å². The second kappa shape index (κ2) is 7.09. The molecule has 2 aromatic rings. The molecule has 1 aromatic carbocycles. The minimum Gasteiger partial charge on any atom is -0.393 e. The van der Waals surface area contributed by atoms with E-state index in [4.69, 9.17) is 0 Å². The Hall–Kier alpha value is -1.27. The van der Waals surface area contributed by atoms with Crippen LogP contribution in [0.3, 0.4) is 0 Å². The van der Waals surface area contributed by atoms with E-state index in [1.54, 1.807) is 11.3 Å². The molecule has 1 aliphatic rings. The lowest BCUT2D eigenvalue weighted by molar-refractivity contribution is -0.0255. The molecular formula is C18H24N2O2S. The van der Waals surface area contributed by atoms with Gasteiger partial charge in [0.2, 0.25) is 0 Å². The molecule has 0 amide bonds. The third-order valence-electron chi connectivity index (χ3n) is 4.61. The largest absolute Gasteiger partial charge is 0.393 e. The summed E-state index contributed by atoms with van der Waals surface area (Å²) in [5, 5.41) is 20.6. The Balaban J connectivity index is 1.67. The smallest absolute Gasteiger partial charge is 0.123 e.